The summed E-state index contributed by atoms with van der Waals surface area (Å²) in [4.78, 5) is 11.0. The van der Waals surface area contributed by atoms with Crippen molar-refractivity contribution >= 4 is 5.95 Å². The van der Waals surface area contributed by atoms with Crippen molar-refractivity contribution in [3.05, 3.63) is 12.3 Å². The lowest BCUT2D eigenvalue weighted by Gasteiger charge is -2.31. The first-order valence-corrected chi connectivity index (χ1v) is 6.93. The zero-order valence-electron chi connectivity index (χ0n) is 12.5. The lowest BCUT2D eigenvalue weighted by Crippen LogP contribution is -2.40. The molecule has 0 aliphatic heterocycles. The van der Waals surface area contributed by atoms with Crippen LogP contribution in [0.1, 0.15) is 34.1 Å². The molecule has 1 heterocycles. The van der Waals surface area contributed by atoms with Gasteiger partial charge in [-0.05, 0) is 25.3 Å². The highest BCUT2D eigenvalue weighted by atomic mass is 16.5. The highest BCUT2D eigenvalue weighted by Gasteiger charge is 2.21. The van der Waals surface area contributed by atoms with Gasteiger partial charge in [-0.25, -0.2) is 4.98 Å². The fraction of sp³-hybridized carbons (Fsp3) is 0.714. The first-order valence-electron chi connectivity index (χ1n) is 6.93. The van der Waals surface area contributed by atoms with Crippen molar-refractivity contribution in [1.82, 2.24) is 9.97 Å². The van der Waals surface area contributed by atoms with Crippen LogP contribution >= 0.6 is 0 Å². The predicted molar refractivity (Wildman–Crippen MR) is 78.5 cm³/mol. The Morgan fingerprint density at radius 2 is 2.11 bits per heavy atom. The predicted octanol–water partition coefficient (Wildman–Crippen LogP) is 2.08. The molecule has 0 spiro atoms. The van der Waals surface area contributed by atoms with Gasteiger partial charge < -0.3 is 15.4 Å². The number of nitrogens with two attached hydrogens (primary N) is 1. The second-order valence-corrected chi connectivity index (χ2v) is 5.42. The number of anilines is 1. The Hall–Kier alpha value is -1.36. The lowest BCUT2D eigenvalue weighted by atomic mass is 9.93. The molecular formula is C14H26N4O. The maximum Gasteiger partial charge on any atom is 0.228 e. The summed E-state index contributed by atoms with van der Waals surface area (Å²) in [6.07, 6.45) is 2.79. The Kier molecular flexibility index (Phi) is 6.02. The SMILES string of the molecule is CCCN(CC(C)(C)CN)c1nccc(OCC)n1. The van der Waals surface area contributed by atoms with E-state index in [0.717, 1.165) is 19.5 Å². The number of rotatable bonds is 8. The Labute approximate surface area is 116 Å². The molecule has 0 aliphatic rings. The van der Waals surface area contributed by atoms with Crippen LogP contribution in [0.2, 0.25) is 0 Å². The summed E-state index contributed by atoms with van der Waals surface area (Å²) in [6.45, 7) is 11.4. The molecule has 2 N–H and O–H groups in total. The average molecular weight is 266 g/mol. The van der Waals surface area contributed by atoms with Crippen LogP contribution in [0.4, 0.5) is 5.95 Å². The molecule has 0 saturated carbocycles. The third kappa shape index (κ3) is 5.03. The second kappa shape index (κ2) is 7.28. The van der Waals surface area contributed by atoms with Crippen molar-refractivity contribution in [2.24, 2.45) is 11.1 Å². The topological polar surface area (TPSA) is 64.3 Å². The van der Waals surface area contributed by atoms with Gasteiger partial charge in [0.05, 0.1) is 6.61 Å². The third-order valence-corrected chi connectivity index (χ3v) is 2.86. The molecule has 0 unspecified atom stereocenters. The molecule has 5 nitrogen and oxygen atoms in total. The molecule has 0 fully saturated rings. The van der Waals surface area contributed by atoms with E-state index in [4.69, 9.17) is 10.5 Å². The van der Waals surface area contributed by atoms with Crippen LogP contribution in [0.3, 0.4) is 0 Å². The van der Waals surface area contributed by atoms with E-state index in [2.05, 4.69) is 35.6 Å². The molecule has 19 heavy (non-hydrogen) atoms. The highest BCUT2D eigenvalue weighted by Crippen LogP contribution is 2.20. The van der Waals surface area contributed by atoms with Gasteiger partial charge in [-0.1, -0.05) is 20.8 Å². The standard InChI is InChI=1S/C14H26N4O/c1-5-9-18(11-14(3,4)10-15)13-16-8-7-12(17-13)19-6-2/h7-8H,5-6,9-11,15H2,1-4H3. The Balaban J connectivity index is 2.88. The number of hydrogen-bond donors (Lipinski definition) is 1. The van der Waals surface area contributed by atoms with Crippen LogP contribution in [0.25, 0.3) is 0 Å². The number of hydrogen-bond acceptors (Lipinski definition) is 5. The van der Waals surface area contributed by atoms with E-state index in [1.54, 1.807) is 12.3 Å². The summed E-state index contributed by atoms with van der Waals surface area (Å²) in [7, 11) is 0. The molecule has 5 heteroatoms. The second-order valence-electron chi connectivity index (χ2n) is 5.42. The summed E-state index contributed by atoms with van der Waals surface area (Å²) >= 11 is 0. The van der Waals surface area contributed by atoms with E-state index in [1.165, 1.54) is 0 Å². The van der Waals surface area contributed by atoms with Crippen molar-refractivity contribution in [2.75, 3.05) is 31.1 Å². The van der Waals surface area contributed by atoms with Gasteiger partial charge in [-0.15, -0.1) is 0 Å². The molecule has 0 aromatic carbocycles. The Bertz CT molecular complexity index is 381. The van der Waals surface area contributed by atoms with Crippen molar-refractivity contribution in [3.8, 4) is 5.88 Å². The third-order valence-electron chi connectivity index (χ3n) is 2.86. The molecule has 108 valence electrons. The zero-order valence-corrected chi connectivity index (χ0v) is 12.5. The minimum absolute atomic E-state index is 0.0418. The minimum Gasteiger partial charge on any atom is -0.478 e. The fourth-order valence-electron chi connectivity index (χ4n) is 1.81. The fourth-order valence-corrected chi connectivity index (χ4v) is 1.81. The molecule has 0 bridgehead atoms. The van der Waals surface area contributed by atoms with Gasteiger partial charge in [-0.2, -0.15) is 4.98 Å². The van der Waals surface area contributed by atoms with Gasteiger partial charge in [0.2, 0.25) is 11.8 Å². The van der Waals surface area contributed by atoms with E-state index < -0.39 is 0 Å². The Morgan fingerprint density at radius 3 is 2.68 bits per heavy atom. The zero-order chi connectivity index (χ0) is 14.3. The van der Waals surface area contributed by atoms with Crippen LogP contribution in [-0.4, -0.2) is 36.2 Å². The molecule has 0 atom stereocenters. The van der Waals surface area contributed by atoms with E-state index in [9.17, 15) is 0 Å². The van der Waals surface area contributed by atoms with E-state index in [1.807, 2.05) is 6.92 Å². The van der Waals surface area contributed by atoms with Gasteiger partial charge in [0.15, 0.2) is 0 Å². The van der Waals surface area contributed by atoms with Gasteiger partial charge >= 0.3 is 0 Å². The molecule has 1 aromatic heterocycles. The molecule has 1 aromatic rings. The monoisotopic (exact) mass is 266 g/mol. The van der Waals surface area contributed by atoms with Crippen molar-refractivity contribution in [1.29, 1.82) is 0 Å². The molecule has 0 radical (unpaired) electrons. The van der Waals surface area contributed by atoms with E-state index >= 15 is 0 Å². The van der Waals surface area contributed by atoms with Crippen LogP contribution in [-0.2, 0) is 0 Å². The summed E-state index contributed by atoms with van der Waals surface area (Å²) in [6, 6.07) is 1.78. The molecule has 0 aliphatic carbocycles. The van der Waals surface area contributed by atoms with Gasteiger partial charge in [0.1, 0.15) is 0 Å². The molecule has 1 rings (SSSR count). The van der Waals surface area contributed by atoms with Crippen LogP contribution < -0.4 is 15.4 Å². The highest BCUT2D eigenvalue weighted by molar-refractivity contribution is 5.32. The quantitative estimate of drug-likeness (QED) is 0.780. The molecule has 0 amide bonds. The van der Waals surface area contributed by atoms with E-state index in [0.29, 0.717) is 25.0 Å². The van der Waals surface area contributed by atoms with Crippen LogP contribution in [0.15, 0.2) is 12.3 Å². The van der Waals surface area contributed by atoms with Crippen molar-refractivity contribution in [3.63, 3.8) is 0 Å². The van der Waals surface area contributed by atoms with E-state index in [-0.39, 0.29) is 5.41 Å². The number of aromatic nitrogens is 2. The first kappa shape index (κ1) is 15.7. The summed E-state index contributed by atoms with van der Waals surface area (Å²) in [5.74, 6) is 1.34. The first-order chi connectivity index (χ1) is 9.02. The summed E-state index contributed by atoms with van der Waals surface area (Å²) in [5.41, 5.74) is 5.86. The van der Waals surface area contributed by atoms with Gasteiger partial charge in [0, 0.05) is 25.4 Å². The van der Waals surface area contributed by atoms with Gasteiger partial charge in [-0.3, -0.25) is 0 Å². The van der Waals surface area contributed by atoms with Crippen LogP contribution in [0, 0.1) is 5.41 Å². The maximum atomic E-state index is 5.81. The lowest BCUT2D eigenvalue weighted by molar-refractivity contribution is 0.325. The number of ether oxygens (including phenoxy) is 1. The number of nitrogens with zero attached hydrogens (tertiary/aromatic N) is 3. The smallest absolute Gasteiger partial charge is 0.228 e. The van der Waals surface area contributed by atoms with Crippen molar-refractivity contribution in [2.45, 2.75) is 34.1 Å². The van der Waals surface area contributed by atoms with Gasteiger partial charge in [0.25, 0.3) is 0 Å². The largest absolute Gasteiger partial charge is 0.478 e. The molecule has 0 saturated heterocycles. The summed E-state index contributed by atoms with van der Waals surface area (Å²) < 4.78 is 5.43. The summed E-state index contributed by atoms with van der Waals surface area (Å²) in [5, 5.41) is 0. The average Bonchev–Trinajstić information content (AvgIpc) is 2.39. The van der Waals surface area contributed by atoms with Crippen LogP contribution in [0.5, 0.6) is 5.88 Å². The van der Waals surface area contributed by atoms with Crippen molar-refractivity contribution < 1.29 is 4.74 Å². The maximum absolute atomic E-state index is 5.81. The molecular weight excluding hydrogens is 240 g/mol. The minimum atomic E-state index is 0.0418. The Morgan fingerprint density at radius 1 is 1.37 bits per heavy atom. The normalized spacial score (nSPS) is 11.4.